The van der Waals surface area contributed by atoms with Crippen LogP contribution in [0.4, 0.5) is 5.13 Å². The van der Waals surface area contributed by atoms with Crippen molar-refractivity contribution in [1.82, 2.24) is 4.98 Å². The maximum Gasteiger partial charge on any atom is 0.186 e. The van der Waals surface area contributed by atoms with E-state index < -0.39 is 0 Å². The number of hydrogen-bond donors (Lipinski definition) is 0. The van der Waals surface area contributed by atoms with Gasteiger partial charge in [-0.3, -0.25) is 4.79 Å². The summed E-state index contributed by atoms with van der Waals surface area (Å²) in [6.45, 7) is 2.85. The molecule has 0 spiro atoms. The normalized spacial score (nSPS) is 10.7. The molecule has 0 bridgehead atoms. The van der Waals surface area contributed by atoms with Gasteiger partial charge in [0.25, 0.3) is 0 Å². The van der Waals surface area contributed by atoms with Gasteiger partial charge in [-0.25, -0.2) is 4.98 Å². The summed E-state index contributed by atoms with van der Waals surface area (Å²) in [5.74, 6) is 0. The van der Waals surface area contributed by atoms with Crippen LogP contribution in [-0.2, 0) is 13.0 Å². The molecule has 19 heavy (non-hydrogen) atoms. The highest BCUT2D eigenvalue weighted by atomic mass is 35.5. The van der Waals surface area contributed by atoms with Crippen molar-refractivity contribution in [3.63, 3.8) is 0 Å². The number of carbonyl (C=O) groups excluding carboxylic acids is 1. The zero-order valence-electron chi connectivity index (χ0n) is 10.9. The number of aldehydes is 1. The van der Waals surface area contributed by atoms with Gasteiger partial charge in [-0.05, 0) is 18.6 Å². The van der Waals surface area contributed by atoms with Crippen molar-refractivity contribution in [3.05, 3.63) is 31.9 Å². The number of nitrogens with zero attached hydrogens (tertiary/aromatic N) is 2. The number of anilines is 1. The van der Waals surface area contributed by atoms with Crippen molar-refractivity contribution in [2.75, 3.05) is 11.9 Å². The molecule has 0 saturated heterocycles. The maximum absolute atomic E-state index is 11.0. The molecule has 2 heterocycles. The lowest BCUT2D eigenvalue weighted by Crippen LogP contribution is -2.15. The molecule has 0 aliphatic rings. The number of carbonyl (C=O) groups is 1. The number of aryl methyl sites for hydroxylation is 1. The van der Waals surface area contributed by atoms with E-state index in [1.807, 2.05) is 19.2 Å². The lowest BCUT2D eigenvalue weighted by atomic mass is 10.2. The van der Waals surface area contributed by atoms with Crippen molar-refractivity contribution >= 4 is 45.7 Å². The minimum Gasteiger partial charge on any atom is -0.346 e. The van der Waals surface area contributed by atoms with Crippen LogP contribution in [0.3, 0.4) is 0 Å². The molecule has 2 aromatic heterocycles. The maximum atomic E-state index is 11.0. The number of aromatic nitrogens is 1. The standard InChI is InChI=1S/C13H15ClN2OS2/c1-3-4-10-11(8-17)19-13(15-10)16(2)7-9-5-6-12(14)18-9/h5-6,8H,3-4,7H2,1-2H3. The zero-order chi connectivity index (χ0) is 13.8. The van der Waals surface area contributed by atoms with Gasteiger partial charge in [0.1, 0.15) is 0 Å². The quantitative estimate of drug-likeness (QED) is 0.747. The molecule has 0 radical (unpaired) electrons. The van der Waals surface area contributed by atoms with E-state index in [0.717, 1.165) is 45.7 Å². The second kappa shape index (κ2) is 6.50. The lowest BCUT2D eigenvalue weighted by molar-refractivity contribution is 0.112. The van der Waals surface area contributed by atoms with E-state index in [1.54, 1.807) is 11.3 Å². The van der Waals surface area contributed by atoms with E-state index in [1.165, 1.54) is 16.2 Å². The predicted octanol–water partition coefficient (Wildman–Crippen LogP) is 4.26. The molecule has 0 N–H and O–H groups in total. The molecule has 0 unspecified atom stereocenters. The van der Waals surface area contributed by atoms with Gasteiger partial charge in [0.2, 0.25) is 0 Å². The smallest absolute Gasteiger partial charge is 0.186 e. The van der Waals surface area contributed by atoms with Gasteiger partial charge in [-0.1, -0.05) is 36.3 Å². The van der Waals surface area contributed by atoms with Crippen molar-refractivity contribution in [2.45, 2.75) is 26.3 Å². The first-order valence-corrected chi connectivity index (χ1v) is 8.05. The summed E-state index contributed by atoms with van der Waals surface area (Å²) in [6, 6.07) is 3.92. The largest absolute Gasteiger partial charge is 0.346 e. The minimum absolute atomic E-state index is 0.743. The number of halogens is 1. The first kappa shape index (κ1) is 14.5. The third-order valence-corrected chi connectivity index (χ3v) is 5.01. The molecular formula is C13H15ClN2OS2. The summed E-state index contributed by atoms with van der Waals surface area (Å²) in [4.78, 5) is 19.6. The first-order valence-electron chi connectivity index (χ1n) is 6.04. The van der Waals surface area contributed by atoms with E-state index in [4.69, 9.17) is 11.6 Å². The van der Waals surface area contributed by atoms with E-state index in [-0.39, 0.29) is 0 Å². The third kappa shape index (κ3) is 3.55. The van der Waals surface area contributed by atoms with Crippen LogP contribution in [0.25, 0.3) is 0 Å². The van der Waals surface area contributed by atoms with Crippen LogP contribution < -0.4 is 4.90 Å². The number of rotatable bonds is 6. The fraction of sp³-hybridized carbons (Fsp3) is 0.385. The molecule has 0 aliphatic heterocycles. The highest BCUT2D eigenvalue weighted by molar-refractivity contribution is 7.17. The number of hydrogen-bond acceptors (Lipinski definition) is 5. The van der Waals surface area contributed by atoms with Gasteiger partial charge in [0.15, 0.2) is 11.4 Å². The highest BCUT2D eigenvalue weighted by Gasteiger charge is 2.13. The summed E-state index contributed by atoms with van der Waals surface area (Å²) >= 11 is 8.94. The van der Waals surface area contributed by atoms with E-state index >= 15 is 0 Å². The summed E-state index contributed by atoms with van der Waals surface area (Å²) in [7, 11) is 1.98. The van der Waals surface area contributed by atoms with E-state index in [0.29, 0.717) is 0 Å². The predicted molar refractivity (Wildman–Crippen MR) is 82.9 cm³/mol. The van der Waals surface area contributed by atoms with Crippen LogP contribution in [0.2, 0.25) is 4.34 Å². The van der Waals surface area contributed by atoms with Crippen LogP contribution in [0.15, 0.2) is 12.1 Å². The molecule has 6 heteroatoms. The van der Waals surface area contributed by atoms with Crippen molar-refractivity contribution < 1.29 is 4.79 Å². The average molecular weight is 315 g/mol. The molecule has 2 aromatic rings. The molecule has 0 atom stereocenters. The Balaban J connectivity index is 2.14. The van der Waals surface area contributed by atoms with Crippen molar-refractivity contribution in [2.24, 2.45) is 0 Å². The molecule has 2 rings (SSSR count). The van der Waals surface area contributed by atoms with Gasteiger partial charge in [-0.15, -0.1) is 11.3 Å². The first-order chi connectivity index (χ1) is 9.13. The molecule has 0 amide bonds. The Morgan fingerprint density at radius 3 is 2.79 bits per heavy atom. The molecule has 0 aromatic carbocycles. The second-order valence-electron chi connectivity index (χ2n) is 4.24. The summed E-state index contributed by atoms with van der Waals surface area (Å²) in [5.41, 5.74) is 0.911. The monoisotopic (exact) mass is 314 g/mol. The minimum atomic E-state index is 0.743. The Kier molecular flexibility index (Phi) is 4.96. The Labute approximate surface area is 125 Å². The molecule has 0 fully saturated rings. The van der Waals surface area contributed by atoms with Gasteiger partial charge >= 0.3 is 0 Å². The highest BCUT2D eigenvalue weighted by Crippen LogP contribution is 2.28. The average Bonchev–Trinajstić information content (AvgIpc) is 2.96. The Morgan fingerprint density at radius 1 is 1.42 bits per heavy atom. The van der Waals surface area contributed by atoms with Crippen LogP contribution in [0.5, 0.6) is 0 Å². The zero-order valence-corrected chi connectivity index (χ0v) is 13.2. The van der Waals surface area contributed by atoms with Crippen molar-refractivity contribution in [1.29, 1.82) is 0 Å². The molecule has 0 saturated carbocycles. The Morgan fingerprint density at radius 2 is 2.21 bits per heavy atom. The van der Waals surface area contributed by atoms with Gasteiger partial charge < -0.3 is 4.90 Å². The molecule has 102 valence electrons. The van der Waals surface area contributed by atoms with Crippen LogP contribution in [-0.4, -0.2) is 18.3 Å². The van der Waals surface area contributed by atoms with Gasteiger partial charge in [0, 0.05) is 11.9 Å². The van der Waals surface area contributed by atoms with E-state index in [2.05, 4.69) is 16.8 Å². The topological polar surface area (TPSA) is 33.2 Å². The molecular weight excluding hydrogens is 300 g/mol. The summed E-state index contributed by atoms with van der Waals surface area (Å²) in [5, 5.41) is 0.884. The summed E-state index contributed by atoms with van der Waals surface area (Å²) < 4.78 is 0.794. The fourth-order valence-corrected chi connectivity index (χ4v) is 3.79. The molecule has 3 nitrogen and oxygen atoms in total. The second-order valence-corrected chi connectivity index (χ2v) is 7.05. The van der Waals surface area contributed by atoms with Crippen LogP contribution in [0, 0.1) is 0 Å². The van der Waals surface area contributed by atoms with Gasteiger partial charge in [-0.2, -0.15) is 0 Å². The van der Waals surface area contributed by atoms with Gasteiger partial charge in [0.05, 0.1) is 21.5 Å². The third-order valence-electron chi connectivity index (χ3n) is 2.66. The van der Waals surface area contributed by atoms with Crippen LogP contribution >= 0.6 is 34.3 Å². The Bertz CT molecular complexity index is 565. The number of thiophene rings is 1. The molecule has 0 aliphatic carbocycles. The number of thiazole rings is 1. The van der Waals surface area contributed by atoms with Crippen LogP contribution in [0.1, 0.15) is 33.6 Å². The SMILES string of the molecule is CCCc1nc(N(C)Cc2ccc(Cl)s2)sc1C=O. The Hall–Kier alpha value is -0.910. The fourth-order valence-electron chi connectivity index (χ4n) is 1.76. The van der Waals surface area contributed by atoms with E-state index in [9.17, 15) is 4.79 Å². The summed E-state index contributed by atoms with van der Waals surface area (Å²) in [6.07, 6.45) is 2.75. The van der Waals surface area contributed by atoms with Crippen molar-refractivity contribution in [3.8, 4) is 0 Å². The lowest BCUT2D eigenvalue weighted by Gasteiger charge is -2.13.